The van der Waals surface area contributed by atoms with Gasteiger partial charge in [-0.15, -0.1) is 0 Å². The summed E-state index contributed by atoms with van der Waals surface area (Å²) in [7, 11) is 1.53. The zero-order valence-electron chi connectivity index (χ0n) is 18.5. The zero-order valence-corrected chi connectivity index (χ0v) is 21.6. The first-order chi connectivity index (χ1) is 16.9. The first-order valence-corrected chi connectivity index (χ1v) is 12.4. The van der Waals surface area contributed by atoms with Gasteiger partial charge >= 0.3 is 0 Å². The Morgan fingerprint density at radius 1 is 1.14 bits per heavy atom. The molecule has 0 spiro atoms. The number of carbonyl (C=O) groups excluding carboxylic acids is 2. The van der Waals surface area contributed by atoms with Gasteiger partial charge in [0.2, 0.25) is 0 Å². The number of halogens is 2. The summed E-state index contributed by atoms with van der Waals surface area (Å²) in [6, 6.07) is 19.9. The van der Waals surface area contributed by atoms with E-state index >= 15 is 0 Å². The van der Waals surface area contributed by atoms with Crippen molar-refractivity contribution in [2.45, 2.75) is 13.2 Å². The molecule has 0 N–H and O–H groups in total. The molecule has 0 atom stereocenters. The summed E-state index contributed by atoms with van der Waals surface area (Å²) in [5, 5.41) is 9.56. The molecule has 1 aliphatic rings. The van der Waals surface area contributed by atoms with Crippen LogP contribution < -0.4 is 9.47 Å². The van der Waals surface area contributed by atoms with Gasteiger partial charge in [-0.05, 0) is 80.8 Å². The Kier molecular flexibility index (Phi) is 7.81. The molecule has 0 unspecified atom stereocenters. The maximum Gasteiger partial charge on any atom is 0.293 e. The number of nitrogens with zero attached hydrogens (tertiary/aromatic N) is 2. The van der Waals surface area contributed by atoms with Gasteiger partial charge in [0.05, 0.1) is 34.7 Å². The molecule has 0 bridgehead atoms. The number of hydrogen-bond acceptors (Lipinski definition) is 6. The molecule has 3 aromatic rings. The first-order valence-electron chi connectivity index (χ1n) is 10.4. The molecule has 176 valence electrons. The summed E-state index contributed by atoms with van der Waals surface area (Å²) < 4.78 is 12.1. The zero-order chi connectivity index (χ0) is 24.9. The number of amides is 2. The summed E-state index contributed by atoms with van der Waals surface area (Å²) in [6.45, 7) is 0.352. The fourth-order valence-corrected chi connectivity index (χ4v) is 4.96. The van der Waals surface area contributed by atoms with Gasteiger partial charge < -0.3 is 9.47 Å². The molecular weight excluding hydrogens is 552 g/mol. The topological polar surface area (TPSA) is 79.6 Å². The van der Waals surface area contributed by atoms with E-state index in [2.05, 4.69) is 22.0 Å². The Bertz CT molecular complexity index is 1370. The number of nitriles is 1. The third-order valence-electron chi connectivity index (χ3n) is 5.19. The summed E-state index contributed by atoms with van der Waals surface area (Å²) in [6.07, 6.45) is 1.64. The van der Waals surface area contributed by atoms with Crippen LogP contribution in [0.1, 0.15) is 22.3 Å². The van der Waals surface area contributed by atoms with Crippen LogP contribution in [0, 0.1) is 11.3 Å². The van der Waals surface area contributed by atoms with Gasteiger partial charge in [-0.3, -0.25) is 14.5 Å². The van der Waals surface area contributed by atoms with Gasteiger partial charge in [0.25, 0.3) is 11.1 Å². The van der Waals surface area contributed by atoms with E-state index in [-0.39, 0.29) is 16.7 Å². The molecule has 6 nitrogen and oxygen atoms in total. The van der Waals surface area contributed by atoms with Crippen molar-refractivity contribution >= 4 is 56.5 Å². The van der Waals surface area contributed by atoms with Crippen LogP contribution in [0.25, 0.3) is 6.08 Å². The van der Waals surface area contributed by atoms with Gasteiger partial charge in [-0.2, -0.15) is 5.26 Å². The SMILES string of the molecule is COc1cc(/C=C2/SC(=O)N(Cc3ccccc3C#N)C2=O)cc(Br)c1OCc1ccc(Cl)cc1. The number of benzene rings is 3. The third kappa shape index (κ3) is 5.70. The van der Waals surface area contributed by atoms with Gasteiger partial charge in [0.15, 0.2) is 11.5 Å². The van der Waals surface area contributed by atoms with E-state index in [1.807, 2.05) is 12.1 Å². The van der Waals surface area contributed by atoms with Gasteiger partial charge in [-0.25, -0.2) is 0 Å². The number of thioether (sulfide) groups is 1. The van der Waals surface area contributed by atoms with Gasteiger partial charge in [0, 0.05) is 5.02 Å². The van der Waals surface area contributed by atoms with Crippen molar-refractivity contribution in [1.29, 1.82) is 5.26 Å². The highest BCUT2D eigenvalue weighted by Gasteiger charge is 2.35. The van der Waals surface area contributed by atoms with E-state index < -0.39 is 5.91 Å². The smallest absolute Gasteiger partial charge is 0.293 e. The largest absolute Gasteiger partial charge is 0.493 e. The van der Waals surface area contributed by atoms with Crippen LogP contribution >= 0.6 is 39.3 Å². The summed E-state index contributed by atoms with van der Waals surface area (Å²) >= 11 is 10.3. The molecule has 4 rings (SSSR count). The molecule has 1 fully saturated rings. The first kappa shape index (κ1) is 24.9. The monoisotopic (exact) mass is 568 g/mol. The van der Waals surface area contributed by atoms with Crippen LogP contribution in [-0.4, -0.2) is 23.2 Å². The minimum atomic E-state index is -0.411. The molecule has 0 aliphatic carbocycles. The number of ether oxygens (including phenoxy) is 2. The lowest BCUT2D eigenvalue weighted by Crippen LogP contribution is -2.27. The highest BCUT2D eigenvalue weighted by atomic mass is 79.9. The van der Waals surface area contributed by atoms with Crippen LogP contribution in [0.3, 0.4) is 0 Å². The number of hydrogen-bond donors (Lipinski definition) is 0. The molecule has 0 saturated carbocycles. The predicted octanol–water partition coefficient (Wildman–Crippen LogP) is 6.80. The summed E-state index contributed by atoms with van der Waals surface area (Å²) in [5.41, 5.74) is 2.65. The van der Waals surface area contributed by atoms with Crippen molar-refractivity contribution in [2.24, 2.45) is 0 Å². The molecule has 1 aliphatic heterocycles. The van der Waals surface area contributed by atoms with Crippen LogP contribution in [0.15, 0.2) is 70.0 Å². The predicted molar refractivity (Wildman–Crippen MR) is 139 cm³/mol. The van der Waals surface area contributed by atoms with Crippen molar-refractivity contribution in [3.63, 3.8) is 0 Å². The molecule has 9 heteroatoms. The maximum atomic E-state index is 13.0. The van der Waals surface area contributed by atoms with E-state index in [1.165, 1.54) is 7.11 Å². The number of methoxy groups -OCH3 is 1. The normalized spacial score (nSPS) is 14.3. The second-order valence-electron chi connectivity index (χ2n) is 7.49. The Hall–Kier alpha value is -3.25. The minimum absolute atomic E-state index is 0.0379. The van der Waals surface area contributed by atoms with Crippen molar-refractivity contribution in [1.82, 2.24) is 4.90 Å². The summed E-state index contributed by atoms with van der Waals surface area (Å²) in [4.78, 5) is 27.0. The quantitative estimate of drug-likeness (QED) is 0.291. The number of rotatable bonds is 7. The molecule has 3 aromatic carbocycles. The third-order valence-corrected chi connectivity index (χ3v) is 6.93. The molecule has 0 aromatic heterocycles. The lowest BCUT2D eigenvalue weighted by atomic mass is 10.1. The molecular formula is C26H18BrClN2O4S. The lowest BCUT2D eigenvalue weighted by molar-refractivity contribution is -0.123. The summed E-state index contributed by atoms with van der Waals surface area (Å²) in [5.74, 6) is 0.577. The second kappa shape index (κ2) is 11.0. The molecule has 35 heavy (non-hydrogen) atoms. The van der Waals surface area contributed by atoms with Crippen molar-refractivity contribution in [2.75, 3.05) is 7.11 Å². The second-order valence-corrected chi connectivity index (χ2v) is 9.77. The molecule has 1 saturated heterocycles. The van der Waals surface area contributed by atoms with Gasteiger partial charge in [-0.1, -0.05) is 41.9 Å². The molecule has 1 heterocycles. The van der Waals surface area contributed by atoms with Gasteiger partial charge in [0.1, 0.15) is 6.61 Å². The number of imide groups is 1. The van der Waals surface area contributed by atoms with Crippen molar-refractivity contribution in [3.8, 4) is 17.6 Å². The van der Waals surface area contributed by atoms with E-state index in [1.54, 1.807) is 54.6 Å². The fourth-order valence-electron chi connectivity index (χ4n) is 3.42. The van der Waals surface area contributed by atoms with Crippen LogP contribution in [0.4, 0.5) is 4.79 Å². The Balaban J connectivity index is 1.54. The Labute approximate surface area is 220 Å². The standard InChI is InChI=1S/C26H18BrClN2O4S/c1-33-22-11-17(10-21(27)24(22)34-15-16-6-8-20(28)9-7-16)12-23-25(31)30(26(32)35-23)14-19-5-3-2-4-18(19)13-29/h2-12H,14-15H2,1H3/b23-12+. The van der Waals surface area contributed by atoms with Crippen LogP contribution in [0.5, 0.6) is 11.5 Å². The molecule has 0 radical (unpaired) electrons. The average Bonchev–Trinajstić information content (AvgIpc) is 3.11. The molecule has 2 amide bonds. The van der Waals surface area contributed by atoms with Crippen LogP contribution in [-0.2, 0) is 17.9 Å². The highest BCUT2D eigenvalue weighted by Crippen LogP contribution is 2.40. The maximum absolute atomic E-state index is 13.0. The minimum Gasteiger partial charge on any atom is -0.493 e. The van der Waals surface area contributed by atoms with Crippen molar-refractivity contribution in [3.05, 3.63) is 97.3 Å². The van der Waals surface area contributed by atoms with Crippen LogP contribution in [0.2, 0.25) is 5.02 Å². The van der Waals surface area contributed by atoms with E-state index in [4.69, 9.17) is 21.1 Å². The number of carbonyl (C=O) groups is 2. The van der Waals surface area contributed by atoms with E-state index in [0.717, 1.165) is 22.2 Å². The van der Waals surface area contributed by atoms with Crippen molar-refractivity contribution < 1.29 is 19.1 Å². The van der Waals surface area contributed by atoms with E-state index in [0.29, 0.717) is 44.3 Å². The lowest BCUT2D eigenvalue weighted by Gasteiger charge is -2.14. The Morgan fingerprint density at radius 2 is 1.89 bits per heavy atom. The van der Waals surface area contributed by atoms with E-state index in [9.17, 15) is 14.9 Å². The fraction of sp³-hybridized carbons (Fsp3) is 0.115. The highest BCUT2D eigenvalue weighted by molar-refractivity contribution is 9.10. The average molecular weight is 570 g/mol. The Morgan fingerprint density at radius 3 is 2.60 bits per heavy atom.